The van der Waals surface area contributed by atoms with Crippen LogP contribution < -0.4 is 14.8 Å². The van der Waals surface area contributed by atoms with E-state index in [0.717, 1.165) is 11.3 Å². The standard InChI is InChI=1S/C24H21N5O5S/c1-33-19-10-6-7-16(13-19)23-26-27-24(28(23)17-8-4-3-5-9-17)35-15-22(30)25-20-12-11-18(29(31)32)14-21(20)34-2/h3-14H,15H2,1-2H3,(H,25,30). The second-order valence-electron chi connectivity index (χ2n) is 7.19. The number of nitro groups is 1. The first-order valence-electron chi connectivity index (χ1n) is 10.4. The van der Waals surface area contributed by atoms with Gasteiger partial charge in [0, 0.05) is 17.3 Å². The highest BCUT2D eigenvalue weighted by atomic mass is 32.2. The number of carbonyl (C=O) groups is 1. The van der Waals surface area contributed by atoms with Crippen molar-refractivity contribution in [2.24, 2.45) is 0 Å². The maximum absolute atomic E-state index is 12.7. The van der Waals surface area contributed by atoms with Gasteiger partial charge in [-0.3, -0.25) is 19.5 Å². The van der Waals surface area contributed by atoms with Crippen molar-refractivity contribution >= 4 is 29.0 Å². The number of rotatable bonds is 9. The first-order valence-corrected chi connectivity index (χ1v) is 11.4. The van der Waals surface area contributed by atoms with E-state index in [4.69, 9.17) is 9.47 Å². The zero-order chi connectivity index (χ0) is 24.8. The van der Waals surface area contributed by atoms with Crippen molar-refractivity contribution < 1.29 is 19.2 Å². The van der Waals surface area contributed by atoms with E-state index in [0.29, 0.717) is 22.4 Å². The molecule has 10 nitrogen and oxygen atoms in total. The van der Waals surface area contributed by atoms with E-state index in [-0.39, 0.29) is 23.1 Å². The lowest BCUT2D eigenvalue weighted by Crippen LogP contribution is -2.15. The molecule has 0 spiro atoms. The normalized spacial score (nSPS) is 10.6. The third-order valence-electron chi connectivity index (χ3n) is 4.98. The Morgan fingerprint density at radius 1 is 1.03 bits per heavy atom. The first kappa shape index (κ1) is 23.8. The number of thioether (sulfide) groups is 1. The van der Waals surface area contributed by atoms with Gasteiger partial charge in [0.05, 0.1) is 36.6 Å². The van der Waals surface area contributed by atoms with E-state index in [1.54, 1.807) is 7.11 Å². The Balaban J connectivity index is 1.57. The summed E-state index contributed by atoms with van der Waals surface area (Å²) in [6.07, 6.45) is 0. The van der Waals surface area contributed by atoms with Crippen LogP contribution in [0.1, 0.15) is 0 Å². The van der Waals surface area contributed by atoms with Gasteiger partial charge in [-0.15, -0.1) is 10.2 Å². The average molecular weight is 492 g/mol. The van der Waals surface area contributed by atoms with Crippen LogP contribution in [-0.4, -0.2) is 45.6 Å². The minimum Gasteiger partial charge on any atom is -0.497 e. The number of ether oxygens (including phenoxy) is 2. The zero-order valence-corrected chi connectivity index (χ0v) is 19.7. The SMILES string of the molecule is COc1cccc(-c2nnc(SCC(=O)Nc3ccc([N+](=O)[O-])cc3OC)n2-c2ccccc2)c1. The van der Waals surface area contributed by atoms with Crippen molar-refractivity contribution in [1.29, 1.82) is 0 Å². The van der Waals surface area contributed by atoms with Gasteiger partial charge in [-0.05, 0) is 30.3 Å². The molecule has 0 aliphatic heterocycles. The molecule has 4 aromatic rings. The Morgan fingerprint density at radius 2 is 1.83 bits per heavy atom. The van der Waals surface area contributed by atoms with E-state index in [1.165, 1.54) is 37.1 Å². The highest BCUT2D eigenvalue weighted by Crippen LogP contribution is 2.31. The van der Waals surface area contributed by atoms with Crippen LogP contribution >= 0.6 is 11.8 Å². The number of methoxy groups -OCH3 is 2. The van der Waals surface area contributed by atoms with Crippen LogP contribution in [0.5, 0.6) is 11.5 Å². The van der Waals surface area contributed by atoms with E-state index in [2.05, 4.69) is 15.5 Å². The molecule has 0 aliphatic carbocycles. The van der Waals surface area contributed by atoms with Crippen molar-refractivity contribution in [3.05, 3.63) is 82.9 Å². The molecular weight excluding hydrogens is 470 g/mol. The van der Waals surface area contributed by atoms with Gasteiger partial charge in [-0.25, -0.2) is 0 Å². The van der Waals surface area contributed by atoms with Crippen molar-refractivity contribution in [1.82, 2.24) is 14.8 Å². The van der Waals surface area contributed by atoms with Gasteiger partial charge < -0.3 is 14.8 Å². The van der Waals surface area contributed by atoms with Crippen LogP contribution in [0.25, 0.3) is 17.1 Å². The Labute approximate surface area is 205 Å². The first-order chi connectivity index (χ1) is 17.0. The molecule has 1 heterocycles. The average Bonchev–Trinajstić information content (AvgIpc) is 3.32. The molecule has 1 N–H and O–H groups in total. The summed E-state index contributed by atoms with van der Waals surface area (Å²) in [5, 5.41) is 22.9. The number of amides is 1. The van der Waals surface area contributed by atoms with Crippen molar-refractivity contribution in [2.75, 3.05) is 25.3 Å². The van der Waals surface area contributed by atoms with Crippen LogP contribution in [-0.2, 0) is 4.79 Å². The number of anilines is 1. The van der Waals surface area contributed by atoms with Crippen molar-refractivity contribution in [2.45, 2.75) is 5.16 Å². The maximum atomic E-state index is 12.7. The third kappa shape index (κ3) is 5.41. The molecule has 3 aromatic carbocycles. The molecule has 0 atom stereocenters. The predicted octanol–water partition coefficient (Wildman–Crippen LogP) is 4.59. The fourth-order valence-corrected chi connectivity index (χ4v) is 4.09. The molecule has 0 saturated heterocycles. The molecule has 0 unspecified atom stereocenters. The lowest BCUT2D eigenvalue weighted by molar-refractivity contribution is -0.384. The fraction of sp³-hybridized carbons (Fsp3) is 0.125. The molecule has 11 heteroatoms. The largest absolute Gasteiger partial charge is 0.497 e. The molecule has 1 aromatic heterocycles. The Bertz CT molecular complexity index is 1360. The summed E-state index contributed by atoms with van der Waals surface area (Å²) in [5.74, 6) is 1.20. The Kier molecular flexibility index (Phi) is 7.27. The molecule has 0 saturated carbocycles. The summed E-state index contributed by atoms with van der Waals surface area (Å²) < 4.78 is 12.4. The molecule has 178 valence electrons. The number of non-ortho nitro benzene ring substituents is 1. The van der Waals surface area contributed by atoms with Gasteiger partial charge in [0.2, 0.25) is 5.91 Å². The molecule has 1 amide bonds. The van der Waals surface area contributed by atoms with Gasteiger partial charge in [-0.2, -0.15) is 0 Å². The number of hydrogen-bond donors (Lipinski definition) is 1. The molecular formula is C24H21N5O5S. The molecule has 4 rings (SSSR count). The Morgan fingerprint density at radius 3 is 2.54 bits per heavy atom. The van der Waals surface area contributed by atoms with Crippen LogP contribution in [0.3, 0.4) is 0 Å². The van der Waals surface area contributed by atoms with Gasteiger partial charge >= 0.3 is 0 Å². The van der Waals surface area contributed by atoms with Crippen molar-refractivity contribution in [3.63, 3.8) is 0 Å². The highest BCUT2D eigenvalue weighted by molar-refractivity contribution is 7.99. The molecule has 0 radical (unpaired) electrons. The smallest absolute Gasteiger partial charge is 0.273 e. The third-order valence-corrected chi connectivity index (χ3v) is 5.91. The molecule has 0 bridgehead atoms. The van der Waals surface area contributed by atoms with Crippen LogP contribution in [0.15, 0.2) is 78.0 Å². The number of aromatic nitrogens is 3. The summed E-state index contributed by atoms with van der Waals surface area (Å²) in [6.45, 7) is 0. The number of nitrogens with one attached hydrogen (secondary N) is 1. The number of hydrogen-bond acceptors (Lipinski definition) is 8. The number of para-hydroxylation sites is 1. The maximum Gasteiger partial charge on any atom is 0.273 e. The minimum atomic E-state index is -0.527. The van der Waals surface area contributed by atoms with Crippen LogP contribution in [0.4, 0.5) is 11.4 Å². The number of nitro benzene ring substituents is 1. The lowest BCUT2D eigenvalue weighted by atomic mass is 10.2. The zero-order valence-electron chi connectivity index (χ0n) is 18.9. The van der Waals surface area contributed by atoms with Crippen LogP contribution in [0, 0.1) is 10.1 Å². The van der Waals surface area contributed by atoms with E-state index < -0.39 is 4.92 Å². The van der Waals surface area contributed by atoms with Gasteiger partial charge in [0.1, 0.15) is 11.5 Å². The summed E-state index contributed by atoms with van der Waals surface area (Å²) in [4.78, 5) is 23.1. The highest BCUT2D eigenvalue weighted by Gasteiger charge is 2.19. The second kappa shape index (κ2) is 10.7. The monoisotopic (exact) mass is 491 g/mol. The summed E-state index contributed by atoms with van der Waals surface area (Å²) in [5.41, 5.74) is 1.86. The topological polar surface area (TPSA) is 121 Å². The predicted molar refractivity (Wildman–Crippen MR) is 132 cm³/mol. The summed E-state index contributed by atoms with van der Waals surface area (Å²) in [7, 11) is 2.98. The molecule has 35 heavy (non-hydrogen) atoms. The van der Waals surface area contributed by atoms with E-state index in [1.807, 2.05) is 59.2 Å². The number of nitrogens with zero attached hydrogens (tertiary/aromatic N) is 4. The molecule has 0 aliphatic rings. The number of benzene rings is 3. The summed E-state index contributed by atoms with van der Waals surface area (Å²) in [6, 6.07) is 21.1. The van der Waals surface area contributed by atoms with Crippen molar-refractivity contribution in [3.8, 4) is 28.6 Å². The molecule has 0 fully saturated rings. The van der Waals surface area contributed by atoms with E-state index >= 15 is 0 Å². The second-order valence-corrected chi connectivity index (χ2v) is 8.13. The lowest BCUT2D eigenvalue weighted by Gasteiger charge is -2.12. The van der Waals surface area contributed by atoms with Gasteiger partial charge in [0.15, 0.2) is 11.0 Å². The Hall–Kier alpha value is -4.38. The van der Waals surface area contributed by atoms with Gasteiger partial charge in [0.25, 0.3) is 5.69 Å². The minimum absolute atomic E-state index is 0.0310. The summed E-state index contributed by atoms with van der Waals surface area (Å²) >= 11 is 1.21. The van der Waals surface area contributed by atoms with E-state index in [9.17, 15) is 14.9 Å². The fourth-order valence-electron chi connectivity index (χ4n) is 3.34. The van der Waals surface area contributed by atoms with Crippen LogP contribution in [0.2, 0.25) is 0 Å². The number of carbonyl (C=O) groups excluding carboxylic acids is 1. The quantitative estimate of drug-likeness (QED) is 0.205. The van der Waals surface area contributed by atoms with Gasteiger partial charge in [-0.1, -0.05) is 42.1 Å².